The van der Waals surface area contributed by atoms with Gasteiger partial charge in [0.1, 0.15) is 13.2 Å². The van der Waals surface area contributed by atoms with Crippen molar-refractivity contribution in [3.63, 3.8) is 0 Å². The molecule has 2 heterocycles. The largest absolute Gasteiger partial charge is 0.486 e. The van der Waals surface area contributed by atoms with E-state index in [1.807, 2.05) is 12.1 Å². The molecule has 1 saturated heterocycles. The third kappa shape index (κ3) is 2.18. The number of fused-ring (bicyclic) bond motifs is 1. The number of nitrogen functional groups attached to an aromatic ring is 1. The van der Waals surface area contributed by atoms with Gasteiger partial charge in [-0.2, -0.15) is 0 Å². The summed E-state index contributed by atoms with van der Waals surface area (Å²) in [6.07, 6.45) is 1.02. The quantitative estimate of drug-likeness (QED) is 0.761. The van der Waals surface area contributed by atoms with Crippen LogP contribution in [-0.2, 0) is 4.74 Å². The Hall–Kier alpha value is -1.62. The molecule has 0 unspecified atom stereocenters. The van der Waals surface area contributed by atoms with Crippen LogP contribution >= 0.6 is 0 Å². The zero-order chi connectivity index (χ0) is 12.4. The van der Waals surface area contributed by atoms with Crippen LogP contribution < -0.4 is 20.1 Å². The van der Waals surface area contributed by atoms with Crippen molar-refractivity contribution in [3.8, 4) is 11.5 Å². The molecule has 0 radical (unpaired) electrons. The number of ether oxygens (including phenoxy) is 3. The second kappa shape index (κ2) is 4.94. The molecule has 0 amide bonds. The van der Waals surface area contributed by atoms with Crippen molar-refractivity contribution in [1.29, 1.82) is 0 Å². The monoisotopic (exact) mass is 250 g/mol. The number of nitrogens with zero attached hydrogens (tertiary/aromatic N) is 1. The lowest BCUT2D eigenvalue weighted by Crippen LogP contribution is -2.27. The fourth-order valence-electron chi connectivity index (χ4n) is 2.35. The highest BCUT2D eigenvalue weighted by atomic mass is 16.6. The molecule has 2 N–H and O–H groups in total. The number of hydrogen-bond acceptors (Lipinski definition) is 5. The van der Waals surface area contributed by atoms with E-state index in [0.717, 1.165) is 55.6 Å². The fraction of sp³-hybridized carbons (Fsp3) is 0.538. The lowest BCUT2D eigenvalue weighted by molar-refractivity contribution is 0.152. The van der Waals surface area contributed by atoms with E-state index in [4.69, 9.17) is 19.9 Å². The van der Waals surface area contributed by atoms with Crippen LogP contribution in [0.2, 0.25) is 0 Å². The first-order valence-electron chi connectivity index (χ1n) is 6.36. The van der Waals surface area contributed by atoms with Crippen molar-refractivity contribution >= 4 is 11.4 Å². The van der Waals surface area contributed by atoms with Crippen LogP contribution in [0.1, 0.15) is 6.42 Å². The molecule has 5 nitrogen and oxygen atoms in total. The molecule has 18 heavy (non-hydrogen) atoms. The van der Waals surface area contributed by atoms with Gasteiger partial charge in [0.2, 0.25) is 0 Å². The van der Waals surface area contributed by atoms with Gasteiger partial charge in [0.05, 0.1) is 18.0 Å². The van der Waals surface area contributed by atoms with E-state index in [2.05, 4.69) is 4.90 Å². The average Bonchev–Trinajstić information content (AvgIpc) is 2.66. The molecule has 0 aliphatic carbocycles. The molecule has 3 rings (SSSR count). The van der Waals surface area contributed by atoms with Gasteiger partial charge in [-0.1, -0.05) is 0 Å². The molecule has 1 fully saturated rings. The molecule has 0 atom stereocenters. The molecule has 5 heteroatoms. The summed E-state index contributed by atoms with van der Waals surface area (Å²) < 4.78 is 16.6. The van der Waals surface area contributed by atoms with E-state index in [-0.39, 0.29) is 0 Å². The van der Waals surface area contributed by atoms with E-state index < -0.39 is 0 Å². The lowest BCUT2D eigenvalue weighted by Gasteiger charge is -2.26. The lowest BCUT2D eigenvalue weighted by atomic mass is 10.2. The highest BCUT2D eigenvalue weighted by Gasteiger charge is 2.19. The molecular formula is C13H18N2O3. The van der Waals surface area contributed by atoms with E-state index >= 15 is 0 Å². The van der Waals surface area contributed by atoms with Gasteiger partial charge in [-0.3, -0.25) is 0 Å². The number of rotatable bonds is 1. The molecule has 1 aromatic carbocycles. The Labute approximate surface area is 106 Å². The predicted molar refractivity (Wildman–Crippen MR) is 69.5 cm³/mol. The van der Waals surface area contributed by atoms with Crippen LogP contribution in [0, 0.1) is 0 Å². The summed E-state index contributed by atoms with van der Waals surface area (Å²) in [5, 5.41) is 0. The summed E-state index contributed by atoms with van der Waals surface area (Å²) >= 11 is 0. The van der Waals surface area contributed by atoms with Crippen LogP contribution in [0.3, 0.4) is 0 Å². The number of benzene rings is 1. The minimum atomic E-state index is 0.587. The van der Waals surface area contributed by atoms with Gasteiger partial charge in [-0.05, 0) is 6.42 Å². The summed E-state index contributed by atoms with van der Waals surface area (Å²) in [5.74, 6) is 1.53. The van der Waals surface area contributed by atoms with Crippen LogP contribution in [0.15, 0.2) is 12.1 Å². The third-order valence-corrected chi connectivity index (χ3v) is 3.25. The highest BCUT2D eigenvalue weighted by Crippen LogP contribution is 2.38. The van der Waals surface area contributed by atoms with Crippen LogP contribution in [0.5, 0.6) is 11.5 Å². The molecular weight excluding hydrogens is 232 g/mol. The molecule has 0 saturated carbocycles. The molecule has 0 aromatic heterocycles. The predicted octanol–water partition coefficient (Wildman–Crippen LogP) is 1.27. The Morgan fingerprint density at radius 2 is 1.72 bits per heavy atom. The normalized spacial score (nSPS) is 19.4. The van der Waals surface area contributed by atoms with E-state index in [0.29, 0.717) is 13.2 Å². The maximum absolute atomic E-state index is 6.11. The van der Waals surface area contributed by atoms with Gasteiger partial charge in [0.15, 0.2) is 11.5 Å². The summed E-state index contributed by atoms with van der Waals surface area (Å²) in [4.78, 5) is 2.25. The summed E-state index contributed by atoms with van der Waals surface area (Å²) in [6.45, 7) is 4.57. The second-order valence-corrected chi connectivity index (χ2v) is 4.51. The third-order valence-electron chi connectivity index (χ3n) is 3.25. The smallest absolute Gasteiger partial charge is 0.163 e. The van der Waals surface area contributed by atoms with Gasteiger partial charge >= 0.3 is 0 Å². The Kier molecular flexibility index (Phi) is 3.15. The molecule has 2 aliphatic rings. The second-order valence-electron chi connectivity index (χ2n) is 4.51. The molecule has 1 aromatic rings. The van der Waals surface area contributed by atoms with E-state index in [1.54, 1.807) is 0 Å². The number of hydrogen-bond donors (Lipinski definition) is 1. The maximum Gasteiger partial charge on any atom is 0.163 e. The number of nitrogens with two attached hydrogens (primary N) is 1. The standard InChI is InChI=1S/C13H18N2O3/c14-10-8-12-13(18-7-6-17-12)9-11(10)15-2-1-4-16-5-3-15/h8-9H,1-7,14H2. The van der Waals surface area contributed by atoms with Gasteiger partial charge in [0, 0.05) is 31.8 Å². The summed E-state index contributed by atoms with van der Waals surface area (Å²) in [7, 11) is 0. The Balaban J connectivity index is 1.90. The zero-order valence-electron chi connectivity index (χ0n) is 10.4. The van der Waals surface area contributed by atoms with E-state index in [1.165, 1.54) is 0 Å². The van der Waals surface area contributed by atoms with Gasteiger partial charge in [-0.25, -0.2) is 0 Å². The minimum absolute atomic E-state index is 0.587. The average molecular weight is 250 g/mol. The van der Waals surface area contributed by atoms with Gasteiger partial charge in [-0.15, -0.1) is 0 Å². The molecule has 0 bridgehead atoms. The SMILES string of the molecule is Nc1cc2c(cc1N1CCCOCC1)OCCO2. The zero-order valence-corrected chi connectivity index (χ0v) is 10.4. The first kappa shape index (κ1) is 11.5. The first-order valence-corrected chi connectivity index (χ1v) is 6.36. The van der Waals surface area contributed by atoms with Crippen LogP contribution in [0.4, 0.5) is 11.4 Å². The van der Waals surface area contributed by atoms with Crippen molar-refractivity contribution < 1.29 is 14.2 Å². The highest BCUT2D eigenvalue weighted by molar-refractivity contribution is 5.73. The molecule has 2 aliphatic heterocycles. The van der Waals surface area contributed by atoms with Crippen molar-refractivity contribution in [3.05, 3.63) is 12.1 Å². The Morgan fingerprint density at radius 3 is 2.56 bits per heavy atom. The summed E-state index contributed by atoms with van der Waals surface area (Å²) in [5.41, 5.74) is 7.86. The minimum Gasteiger partial charge on any atom is -0.486 e. The first-order chi connectivity index (χ1) is 8.84. The van der Waals surface area contributed by atoms with Crippen LogP contribution in [-0.4, -0.2) is 39.5 Å². The topological polar surface area (TPSA) is 57.0 Å². The van der Waals surface area contributed by atoms with Crippen LogP contribution in [0.25, 0.3) is 0 Å². The molecule has 0 spiro atoms. The Morgan fingerprint density at radius 1 is 0.944 bits per heavy atom. The van der Waals surface area contributed by atoms with Crippen molar-refractivity contribution in [2.24, 2.45) is 0 Å². The maximum atomic E-state index is 6.11. The fourth-order valence-corrected chi connectivity index (χ4v) is 2.35. The van der Waals surface area contributed by atoms with E-state index in [9.17, 15) is 0 Å². The van der Waals surface area contributed by atoms with Crippen molar-refractivity contribution in [2.75, 3.05) is 50.2 Å². The molecule has 98 valence electrons. The van der Waals surface area contributed by atoms with Gasteiger partial charge in [0.25, 0.3) is 0 Å². The van der Waals surface area contributed by atoms with Crippen molar-refractivity contribution in [1.82, 2.24) is 0 Å². The Bertz CT molecular complexity index is 428. The number of anilines is 2. The summed E-state index contributed by atoms with van der Waals surface area (Å²) in [6, 6.07) is 3.84. The van der Waals surface area contributed by atoms with Crippen molar-refractivity contribution in [2.45, 2.75) is 6.42 Å². The van der Waals surface area contributed by atoms with Gasteiger partial charge < -0.3 is 24.8 Å².